The zero-order valence-corrected chi connectivity index (χ0v) is 11.2. The molecule has 4 nitrogen and oxygen atoms in total. The van der Waals surface area contributed by atoms with Gasteiger partial charge in [0.1, 0.15) is 0 Å². The lowest BCUT2D eigenvalue weighted by Gasteiger charge is -2.24. The Morgan fingerprint density at radius 2 is 2.29 bits per heavy atom. The maximum absolute atomic E-state index is 11.6. The van der Waals surface area contributed by atoms with Gasteiger partial charge in [-0.1, -0.05) is 0 Å². The molecule has 0 aromatic carbocycles. The predicted molar refractivity (Wildman–Crippen MR) is 70.8 cm³/mol. The van der Waals surface area contributed by atoms with Crippen molar-refractivity contribution in [3.63, 3.8) is 0 Å². The van der Waals surface area contributed by atoms with Crippen molar-refractivity contribution in [2.75, 3.05) is 19.6 Å². The van der Waals surface area contributed by atoms with Crippen molar-refractivity contribution in [3.05, 3.63) is 0 Å². The zero-order chi connectivity index (χ0) is 12.7. The first kappa shape index (κ1) is 14.5. The first-order valence-corrected chi connectivity index (χ1v) is 6.87. The van der Waals surface area contributed by atoms with E-state index in [-0.39, 0.29) is 11.9 Å². The number of nitrogens with one attached hydrogen (secondary N) is 1. The minimum Gasteiger partial charge on any atom is -0.354 e. The third kappa shape index (κ3) is 5.50. The van der Waals surface area contributed by atoms with E-state index in [2.05, 4.69) is 10.2 Å². The summed E-state index contributed by atoms with van der Waals surface area (Å²) in [7, 11) is 0. The lowest BCUT2D eigenvalue weighted by Crippen LogP contribution is -2.36. The molecular weight excluding hydrogens is 214 g/mol. The van der Waals surface area contributed by atoms with E-state index in [1.807, 2.05) is 13.8 Å². The highest BCUT2D eigenvalue weighted by molar-refractivity contribution is 5.76. The first-order valence-electron chi connectivity index (χ1n) is 6.87. The van der Waals surface area contributed by atoms with Gasteiger partial charge in [0, 0.05) is 25.0 Å². The van der Waals surface area contributed by atoms with Crippen molar-refractivity contribution in [2.45, 2.75) is 58.0 Å². The molecule has 0 bridgehead atoms. The van der Waals surface area contributed by atoms with Gasteiger partial charge >= 0.3 is 0 Å². The van der Waals surface area contributed by atoms with Gasteiger partial charge in [-0.2, -0.15) is 0 Å². The molecule has 1 aliphatic rings. The molecule has 17 heavy (non-hydrogen) atoms. The van der Waals surface area contributed by atoms with Gasteiger partial charge < -0.3 is 11.1 Å². The third-order valence-corrected chi connectivity index (χ3v) is 3.32. The summed E-state index contributed by atoms with van der Waals surface area (Å²) in [5.41, 5.74) is 5.55. The average Bonchev–Trinajstić information content (AvgIpc) is 2.70. The van der Waals surface area contributed by atoms with E-state index >= 15 is 0 Å². The highest BCUT2D eigenvalue weighted by atomic mass is 16.1. The maximum Gasteiger partial charge on any atom is 0.221 e. The summed E-state index contributed by atoms with van der Waals surface area (Å²) >= 11 is 0. The Morgan fingerprint density at radius 3 is 2.94 bits per heavy atom. The molecule has 1 atom stereocenters. The second-order valence-electron chi connectivity index (χ2n) is 5.24. The number of nitrogens with zero attached hydrogens (tertiary/aromatic N) is 1. The van der Waals surface area contributed by atoms with E-state index in [0.717, 1.165) is 26.1 Å². The van der Waals surface area contributed by atoms with Gasteiger partial charge in [0.2, 0.25) is 5.91 Å². The summed E-state index contributed by atoms with van der Waals surface area (Å²) in [6, 6.07) is 0.902. The number of nitrogens with two attached hydrogens (primary N) is 1. The van der Waals surface area contributed by atoms with Crippen LogP contribution in [0.2, 0.25) is 0 Å². The highest BCUT2D eigenvalue weighted by Gasteiger charge is 2.23. The quantitative estimate of drug-likeness (QED) is 0.702. The number of rotatable bonds is 7. The van der Waals surface area contributed by atoms with Crippen molar-refractivity contribution >= 4 is 5.91 Å². The third-order valence-electron chi connectivity index (χ3n) is 3.32. The summed E-state index contributed by atoms with van der Waals surface area (Å²) in [6.45, 7) is 6.81. The molecule has 1 fully saturated rings. The van der Waals surface area contributed by atoms with E-state index < -0.39 is 0 Å². The minimum absolute atomic E-state index is 0.171. The lowest BCUT2D eigenvalue weighted by molar-refractivity contribution is -0.121. The van der Waals surface area contributed by atoms with Crippen LogP contribution < -0.4 is 11.1 Å². The van der Waals surface area contributed by atoms with Crippen molar-refractivity contribution in [1.29, 1.82) is 0 Å². The van der Waals surface area contributed by atoms with Gasteiger partial charge in [0.15, 0.2) is 0 Å². The number of carbonyl (C=O) groups is 1. The largest absolute Gasteiger partial charge is 0.354 e. The molecule has 0 aromatic heterocycles. The van der Waals surface area contributed by atoms with Crippen LogP contribution in [0.25, 0.3) is 0 Å². The molecule has 3 N–H and O–H groups in total. The molecular formula is C13H27N3O. The second-order valence-corrected chi connectivity index (χ2v) is 5.24. The number of likely N-dealkylation sites (tertiary alicyclic amines) is 1. The topological polar surface area (TPSA) is 58.4 Å². The van der Waals surface area contributed by atoms with Crippen LogP contribution in [0.15, 0.2) is 0 Å². The summed E-state index contributed by atoms with van der Waals surface area (Å²) in [5.74, 6) is 0.171. The Bertz CT molecular complexity index is 231. The Hall–Kier alpha value is -0.610. The van der Waals surface area contributed by atoms with Crippen molar-refractivity contribution < 1.29 is 4.79 Å². The summed E-state index contributed by atoms with van der Waals surface area (Å²) in [4.78, 5) is 14.0. The first-order chi connectivity index (χ1) is 8.13. The smallest absolute Gasteiger partial charge is 0.221 e. The molecule has 1 rings (SSSR count). The fraction of sp³-hybridized carbons (Fsp3) is 0.923. The molecule has 1 amide bonds. The summed E-state index contributed by atoms with van der Waals surface area (Å²) in [6.07, 6.45) is 5.44. The van der Waals surface area contributed by atoms with Crippen LogP contribution in [-0.4, -0.2) is 42.5 Å². The normalized spacial score (nSPS) is 21.1. The zero-order valence-electron chi connectivity index (χ0n) is 11.2. The van der Waals surface area contributed by atoms with Crippen LogP contribution in [0.4, 0.5) is 0 Å². The van der Waals surface area contributed by atoms with Gasteiger partial charge in [-0.15, -0.1) is 0 Å². The van der Waals surface area contributed by atoms with Crippen molar-refractivity contribution in [1.82, 2.24) is 10.2 Å². The van der Waals surface area contributed by atoms with Crippen LogP contribution >= 0.6 is 0 Å². The molecule has 100 valence electrons. The number of carbonyl (C=O) groups excluding carboxylic acids is 1. The van der Waals surface area contributed by atoms with Crippen molar-refractivity contribution in [3.8, 4) is 0 Å². The SMILES string of the molecule is CC(C)NC(=O)CCN1CCCC1CCCN. The molecule has 0 aromatic rings. The fourth-order valence-corrected chi connectivity index (χ4v) is 2.51. The number of amides is 1. The van der Waals surface area contributed by atoms with Crippen molar-refractivity contribution in [2.24, 2.45) is 5.73 Å². The van der Waals surface area contributed by atoms with Gasteiger partial charge in [0.25, 0.3) is 0 Å². The number of hydrogen-bond donors (Lipinski definition) is 2. The molecule has 4 heteroatoms. The Kier molecular flexibility index (Phi) is 6.52. The van der Waals surface area contributed by atoms with Crippen LogP contribution in [0.1, 0.15) is 46.0 Å². The van der Waals surface area contributed by atoms with E-state index in [1.54, 1.807) is 0 Å². The molecule has 0 saturated carbocycles. The van der Waals surface area contributed by atoms with Gasteiger partial charge in [-0.25, -0.2) is 0 Å². The minimum atomic E-state index is 0.171. The molecule has 1 aliphatic heterocycles. The highest BCUT2D eigenvalue weighted by Crippen LogP contribution is 2.21. The Balaban J connectivity index is 2.23. The van der Waals surface area contributed by atoms with E-state index in [1.165, 1.54) is 19.3 Å². The molecule has 0 radical (unpaired) electrons. The van der Waals surface area contributed by atoms with Crippen LogP contribution in [0.5, 0.6) is 0 Å². The van der Waals surface area contributed by atoms with E-state index in [9.17, 15) is 4.79 Å². The standard InChI is InChI=1S/C13H27N3O/c1-11(2)15-13(17)7-10-16-9-4-6-12(16)5-3-8-14/h11-12H,3-10,14H2,1-2H3,(H,15,17). The van der Waals surface area contributed by atoms with Gasteiger partial charge in [-0.3, -0.25) is 9.69 Å². The summed E-state index contributed by atoms with van der Waals surface area (Å²) < 4.78 is 0. The van der Waals surface area contributed by atoms with Crippen LogP contribution in [0.3, 0.4) is 0 Å². The molecule has 0 aliphatic carbocycles. The van der Waals surface area contributed by atoms with E-state index in [0.29, 0.717) is 12.5 Å². The Morgan fingerprint density at radius 1 is 1.53 bits per heavy atom. The maximum atomic E-state index is 11.6. The molecule has 1 unspecified atom stereocenters. The molecule has 1 heterocycles. The van der Waals surface area contributed by atoms with Gasteiger partial charge in [0.05, 0.1) is 0 Å². The van der Waals surface area contributed by atoms with Crippen LogP contribution in [0, 0.1) is 0 Å². The molecule has 0 spiro atoms. The summed E-state index contributed by atoms with van der Waals surface area (Å²) in [5, 5.41) is 2.94. The lowest BCUT2D eigenvalue weighted by atomic mass is 10.1. The van der Waals surface area contributed by atoms with Crippen LogP contribution in [-0.2, 0) is 4.79 Å². The molecule has 1 saturated heterocycles. The monoisotopic (exact) mass is 241 g/mol. The average molecular weight is 241 g/mol. The van der Waals surface area contributed by atoms with Gasteiger partial charge in [-0.05, 0) is 52.6 Å². The Labute approximate surface area is 105 Å². The predicted octanol–water partition coefficient (Wildman–Crippen LogP) is 1.10. The second kappa shape index (κ2) is 7.67. The number of hydrogen-bond acceptors (Lipinski definition) is 3. The van der Waals surface area contributed by atoms with E-state index in [4.69, 9.17) is 5.73 Å². The fourth-order valence-electron chi connectivity index (χ4n) is 2.51.